The van der Waals surface area contributed by atoms with Gasteiger partial charge in [-0.25, -0.2) is 9.55 Å². The zero-order valence-electron chi connectivity index (χ0n) is 20.0. The van der Waals surface area contributed by atoms with E-state index < -0.39 is 11.8 Å². The number of amides is 1. The standard InChI is InChI=1S/C28H22N4O3S2/c1-35-20-13-11-17(12-14-20)15-19(16-29)25(33)30-24-23-21-9-5-6-10-22(21)37-26(23)31-28(36)32(24)27(34)18-7-3-2-4-8-18/h2-4,7-8,11-15H,5-6,9-10H2,1H3,(H,30,33). The first-order chi connectivity index (χ1) is 18.0. The Balaban J connectivity index is 1.64. The van der Waals surface area contributed by atoms with Crippen LogP contribution in [0.2, 0.25) is 0 Å². The Labute approximate surface area is 222 Å². The number of hydrogen-bond acceptors (Lipinski definition) is 7. The molecule has 2 aromatic carbocycles. The predicted octanol–water partition coefficient (Wildman–Crippen LogP) is 5.95. The molecule has 1 aliphatic carbocycles. The van der Waals surface area contributed by atoms with E-state index >= 15 is 0 Å². The molecule has 2 heterocycles. The number of hydrogen-bond donors (Lipinski definition) is 1. The van der Waals surface area contributed by atoms with Crippen molar-refractivity contribution >= 4 is 57.5 Å². The maximum atomic E-state index is 13.6. The highest BCUT2D eigenvalue weighted by atomic mass is 32.1. The number of carbonyl (C=O) groups excluding carboxylic acids is 2. The average Bonchev–Trinajstić information content (AvgIpc) is 3.30. The molecular formula is C28H22N4O3S2. The molecule has 1 N–H and O–H groups in total. The minimum Gasteiger partial charge on any atom is -0.497 e. The Kier molecular flexibility index (Phi) is 6.95. The van der Waals surface area contributed by atoms with Crippen molar-refractivity contribution in [3.05, 3.63) is 86.5 Å². The first kappa shape index (κ1) is 24.6. The number of ether oxygens (including phenoxy) is 1. The molecule has 0 saturated heterocycles. The highest BCUT2D eigenvalue weighted by molar-refractivity contribution is 7.71. The van der Waals surface area contributed by atoms with Gasteiger partial charge in [0, 0.05) is 10.4 Å². The largest absolute Gasteiger partial charge is 0.497 e. The van der Waals surface area contributed by atoms with Gasteiger partial charge in [-0.2, -0.15) is 5.26 Å². The van der Waals surface area contributed by atoms with E-state index in [4.69, 9.17) is 17.0 Å². The molecule has 0 bridgehead atoms. The molecule has 0 unspecified atom stereocenters. The summed E-state index contributed by atoms with van der Waals surface area (Å²) in [6.45, 7) is 0. The Hall–Kier alpha value is -4.13. The van der Waals surface area contributed by atoms with E-state index in [0.717, 1.165) is 31.2 Å². The number of rotatable bonds is 5. The van der Waals surface area contributed by atoms with Gasteiger partial charge in [0.25, 0.3) is 11.8 Å². The van der Waals surface area contributed by atoms with Crippen molar-refractivity contribution in [3.63, 3.8) is 0 Å². The van der Waals surface area contributed by atoms with Crippen molar-refractivity contribution in [1.29, 1.82) is 5.26 Å². The third-order valence-corrected chi connectivity index (χ3v) is 7.71. The zero-order valence-corrected chi connectivity index (χ0v) is 21.6. The van der Waals surface area contributed by atoms with Crippen molar-refractivity contribution in [3.8, 4) is 11.8 Å². The fourth-order valence-corrected chi connectivity index (χ4v) is 6.01. The lowest BCUT2D eigenvalue weighted by Gasteiger charge is -2.17. The number of benzene rings is 2. The van der Waals surface area contributed by atoms with Crippen LogP contribution in [-0.4, -0.2) is 28.5 Å². The van der Waals surface area contributed by atoms with E-state index in [1.54, 1.807) is 67.0 Å². The van der Waals surface area contributed by atoms with Crippen LogP contribution < -0.4 is 10.1 Å². The number of aromatic nitrogens is 2. The van der Waals surface area contributed by atoms with Crippen molar-refractivity contribution in [2.75, 3.05) is 12.4 Å². The Morgan fingerprint density at radius 2 is 1.86 bits per heavy atom. The van der Waals surface area contributed by atoms with E-state index in [1.165, 1.54) is 15.5 Å². The number of fused-ring (bicyclic) bond motifs is 3. The summed E-state index contributed by atoms with van der Waals surface area (Å²) in [6, 6.07) is 17.7. The number of nitrogens with one attached hydrogen (secondary N) is 1. The Bertz CT molecular complexity index is 1650. The number of thiophene rings is 1. The molecule has 2 aromatic heterocycles. The van der Waals surface area contributed by atoms with Crippen molar-refractivity contribution in [1.82, 2.24) is 9.55 Å². The molecule has 9 heteroatoms. The third-order valence-electron chi connectivity index (χ3n) is 6.25. The van der Waals surface area contributed by atoms with Gasteiger partial charge < -0.3 is 10.1 Å². The second kappa shape index (κ2) is 10.5. The van der Waals surface area contributed by atoms with Crippen molar-refractivity contribution in [2.45, 2.75) is 25.7 Å². The molecule has 184 valence electrons. The highest BCUT2D eigenvalue weighted by Gasteiger charge is 2.26. The molecule has 0 atom stereocenters. The Morgan fingerprint density at radius 1 is 1.14 bits per heavy atom. The lowest BCUT2D eigenvalue weighted by atomic mass is 9.97. The van der Waals surface area contributed by atoms with Crippen LogP contribution in [0, 0.1) is 16.1 Å². The van der Waals surface area contributed by atoms with Crippen LogP contribution in [0.25, 0.3) is 16.3 Å². The summed E-state index contributed by atoms with van der Waals surface area (Å²) in [5.74, 6) is -0.113. The van der Waals surface area contributed by atoms with Crippen LogP contribution in [0.1, 0.15) is 39.2 Å². The number of aryl methyl sites for hydroxylation is 2. The summed E-state index contributed by atoms with van der Waals surface area (Å²) < 4.78 is 6.50. The minimum absolute atomic E-state index is 0.0490. The number of nitriles is 1. The maximum absolute atomic E-state index is 13.6. The lowest BCUT2D eigenvalue weighted by Crippen LogP contribution is -2.23. The van der Waals surface area contributed by atoms with E-state index in [1.807, 2.05) is 12.1 Å². The average molecular weight is 527 g/mol. The van der Waals surface area contributed by atoms with Crippen LogP contribution >= 0.6 is 23.6 Å². The molecule has 1 amide bonds. The van der Waals surface area contributed by atoms with Gasteiger partial charge >= 0.3 is 0 Å². The summed E-state index contributed by atoms with van der Waals surface area (Å²) in [5, 5.41) is 13.4. The molecule has 0 spiro atoms. The summed E-state index contributed by atoms with van der Waals surface area (Å²) in [5.41, 5.74) is 2.05. The van der Waals surface area contributed by atoms with Gasteiger partial charge in [-0.1, -0.05) is 30.3 Å². The molecule has 0 radical (unpaired) electrons. The van der Waals surface area contributed by atoms with Gasteiger partial charge in [-0.15, -0.1) is 11.3 Å². The number of nitrogens with zero attached hydrogens (tertiary/aromatic N) is 3. The molecule has 5 rings (SSSR count). The summed E-state index contributed by atoms with van der Waals surface area (Å²) in [6.07, 6.45) is 5.32. The van der Waals surface area contributed by atoms with Gasteiger partial charge in [0.1, 0.15) is 28.0 Å². The normalized spacial score (nSPS) is 13.0. The van der Waals surface area contributed by atoms with E-state index in [2.05, 4.69) is 10.3 Å². The molecule has 0 aliphatic heterocycles. The van der Waals surface area contributed by atoms with Gasteiger partial charge in [-0.3, -0.25) is 9.59 Å². The van der Waals surface area contributed by atoms with Crippen LogP contribution in [0.3, 0.4) is 0 Å². The molecule has 0 saturated carbocycles. The smallest absolute Gasteiger partial charge is 0.267 e. The fourth-order valence-electron chi connectivity index (χ4n) is 4.43. The van der Waals surface area contributed by atoms with E-state index in [0.29, 0.717) is 27.1 Å². The quantitative estimate of drug-likeness (QED) is 0.196. The maximum Gasteiger partial charge on any atom is 0.267 e. The lowest BCUT2D eigenvalue weighted by molar-refractivity contribution is -0.112. The molecule has 1 aliphatic rings. The zero-order chi connectivity index (χ0) is 25.9. The fraction of sp³-hybridized carbons (Fsp3) is 0.179. The van der Waals surface area contributed by atoms with Gasteiger partial charge in [0.05, 0.1) is 12.5 Å². The van der Waals surface area contributed by atoms with E-state index in [-0.39, 0.29) is 16.2 Å². The second-order valence-corrected chi connectivity index (χ2v) is 9.99. The molecule has 7 nitrogen and oxygen atoms in total. The third kappa shape index (κ3) is 4.81. The summed E-state index contributed by atoms with van der Waals surface area (Å²) in [7, 11) is 1.57. The molecule has 37 heavy (non-hydrogen) atoms. The van der Waals surface area contributed by atoms with Gasteiger partial charge in [0.15, 0.2) is 0 Å². The van der Waals surface area contributed by atoms with E-state index in [9.17, 15) is 14.9 Å². The number of anilines is 1. The molecule has 0 fully saturated rings. The predicted molar refractivity (Wildman–Crippen MR) is 146 cm³/mol. The topological polar surface area (TPSA) is 97.0 Å². The molecular weight excluding hydrogens is 504 g/mol. The molecule has 4 aromatic rings. The number of methoxy groups -OCH3 is 1. The van der Waals surface area contributed by atoms with Crippen molar-refractivity contribution in [2.24, 2.45) is 0 Å². The first-order valence-electron chi connectivity index (χ1n) is 11.7. The van der Waals surface area contributed by atoms with Crippen LogP contribution in [0.5, 0.6) is 5.75 Å². The first-order valence-corrected chi connectivity index (χ1v) is 13.0. The number of carbonyl (C=O) groups is 2. The van der Waals surface area contributed by atoms with Gasteiger partial charge in [0.2, 0.25) is 4.77 Å². The summed E-state index contributed by atoms with van der Waals surface area (Å²) in [4.78, 5) is 33.5. The van der Waals surface area contributed by atoms with Crippen LogP contribution in [0.15, 0.2) is 60.2 Å². The highest BCUT2D eigenvalue weighted by Crippen LogP contribution is 2.39. The second-order valence-electron chi connectivity index (χ2n) is 8.54. The Morgan fingerprint density at radius 3 is 2.57 bits per heavy atom. The monoisotopic (exact) mass is 526 g/mol. The minimum atomic E-state index is -0.634. The summed E-state index contributed by atoms with van der Waals surface area (Å²) >= 11 is 7.10. The van der Waals surface area contributed by atoms with Crippen molar-refractivity contribution < 1.29 is 14.3 Å². The van der Waals surface area contributed by atoms with Crippen LogP contribution in [0.4, 0.5) is 5.82 Å². The SMILES string of the molecule is COc1ccc(C=C(C#N)C(=O)Nc2c3c4c(sc3nc(=S)n2C(=O)c2ccccc2)CCCC4)cc1. The van der Waals surface area contributed by atoms with Gasteiger partial charge in [-0.05, 0) is 79.4 Å². The van der Waals surface area contributed by atoms with Crippen LogP contribution in [-0.2, 0) is 17.6 Å².